The molecule has 0 spiro atoms. The number of nitrogens with zero attached hydrogens (tertiary/aromatic N) is 2. The van der Waals surface area contributed by atoms with Crippen LogP contribution in [0.3, 0.4) is 0 Å². The van der Waals surface area contributed by atoms with Crippen molar-refractivity contribution >= 4 is 17.4 Å². The monoisotopic (exact) mass is 288 g/mol. The molecular weight excluding hydrogens is 279 g/mol. The zero-order chi connectivity index (χ0) is 14.5. The van der Waals surface area contributed by atoms with E-state index in [4.69, 9.17) is 5.26 Å². The first-order valence-electron chi connectivity index (χ1n) is 5.67. The topological polar surface area (TPSA) is 66.9 Å². The summed E-state index contributed by atoms with van der Waals surface area (Å²) in [5.41, 5.74) is 0.326. The van der Waals surface area contributed by atoms with Crippen molar-refractivity contribution in [3.8, 4) is 6.07 Å². The zero-order valence-electron chi connectivity index (χ0n) is 10.2. The first-order valence-corrected chi connectivity index (χ1v) is 6.65. The molecule has 0 N–H and O–H groups in total. The van der Waals surface area contributed by atoms with Crippen LogP contribution in [0.25, 0.3) is 0 Å². The summed E-state index contributed by atoms with van der Waals surface area (Å²) >= 11 is 1.17. The Morgan fingerprint density at radius 3 is 2.70 bits per heavy atom. The van der Waals surface area contributed by atoms with Crippen LogP contribution in [0, 0.1) is 27.3 Å². The molecule has 20 heavy (non-hydrogen) atoms. The molecule has 2 aromatic carbocycles. The number of rotatable bonds is 4. The van der Waals surface area contributed by atoms with Crippen molar-refractivity contribution in [2.24, 2.45) is 0 Å². The second-order valence-electron chi connectivity index (χ2n) is 3.90. The van der Waals surface area contributed by atoms with Crippen molar-refractivity contribution in [2.75, 3.05) is 0 Å². The van der Waals surface area contributed by atoms with Gasteiger partial charge < -0.3 is 0 Å². The molecule has 4 nitrogen and oxygen atoms in total. The van der Waals surface area contributed by atoms with Gasteiger partial charge in [-0.1, -0.05) is 24.3 Å². The molecule has 0 unspecified atom stereocenters. The second kappa shape index (κ2) is 6.17. The van der Waals surface area contributed by atoms with Gasteiger partial charge in [0, 0.05) is 11.8 Å². The number of nitro benzene ring substituents is 1. The summed E-state index contributed by atoms with van der Waals surface area (Å²) in [6.45, 7) is 0. The van der Waals surface area contributed by atoms with Crippen LogP contribution in [0.4, 0.5) is 10.1 Å². The zero-order valence-corrected chi connectivity index (χ0v) is 11.1. The molecule has 0 fully saturated rings. The molecule has 0 saturated heterocycles. The van der Waals surface area contributed by atoms with Crippen LogP contribution >= 0.6 is 11.8 Å². The summed E-state index contributed by atoms with van der Waals surface area (Å²) in [6, 6.07) is 12.6. The van der Waals surface area contributed by atoms with E-state index in [0.717, 1.165) is 0 Å². The minimum Gasteiger partial charge on any atom is -0.258 e. The van der Waals surface area contributed by atoms with E-state index in [1.807, 2.05) is 0 Å². The maximum absolute atomic E-state index is 13.9. The predicted molar refractivity (Wildman–Crippen MR) is 73.8 cm³/mol. The molecule has 6 heteroatoms. The molecule has 0 radical (unpaired) electrons. The van der Waals surface area contributed by atoms with E-state index in [2.05, 4.69) is 0 Å². The SMILES string of the molecule is N#Cc1cccc(CSc2ccccc2[N+](=O)[O-])c1F. The van der Waals surface area contributed by atoms with Crippen molar-refractivity contribution in [1.82, 2.24) is 0 Å². The Labute approximate surface area is 119 Å². The Bertz CT molecular complexity index is 698. The van der Waals surface area contributed by atoms with Crippen LogP contribution in [-0.4, -0.2) is 4.92 Å². The van der Waals surface area contributed by atoms with Crippen molar-refractivity contribution in [1.29, 1.82) is 5.26 Å². The lowest BCUT2D eigenvalue weighted by Crippen LogP contribution is -1.93. The van der Waals surface area contributed by atoms with Crippen LogP contribution in [0.5, 0.6) is 0 Å². The lowest BCUT2D eigenvalue weighted by atomic mass is 10.1. The van der Waals surface area contributed by atoms with Gasteiger partial charge in [-0.15, -0.1) is 11.8 Å². The summed E-state index contributed by atoms with van der Waals surface area (Å²) in [5, 5.41) is 19.6. The number of hydrogen-bond donors (Lipinski definition) is 0. The molecule has 0 aliphatic rings. The van der Waals surface area contributed by atoms with Gasteiger partial charge >= 0.3 is 0 Å². The number of hydrogen-bond acceptors (Lipinski definition) is 4. The van der Waals surface area contributed by atoms with Gasteiger partial charge in [0.2, 0.25) is 0 Å². The van der Waals surface area contributed by atoms with Gasteiger partial charge in [0.25, 0.3) is 5.69 Å². The first kappa shape index (κ1) is 14.0. The largest absolute Gasteiger partial charge is 0.282 e. The Kier molecular flexibility index (Phi) is 4.33. The highest BCUT2D eigenvalue weighted by atomic mass is 32.2. The van der Waals surface area contributed by atoms with Crippen molar-refractivity contribution < 1.29 is 9.31 Å². The predicted octanol–water partition coefficient (Wildman–Crippen LogP) is 3.90. The van der Waals surface area contributed by atoms with Gasteiger partial charge in [-0.05, 0) is 17.7 Å². The van der Waals surface area contributed by atoms with E-state index in [-0.39, 0.29) is 17.0 Å². The second-order valence-corrected chi connectivity index (χ2v) is 4.92. The van der Waals surface area contributed by atoms with Crippen LogP contribution < -0.4 is 0 Å². The molecule has 0 atom stereocenters. The van der Waals surface area contributed by atoms with E-state index in [0.29, 0.717) is 10.5 Å². The third kappa shape index (κ3) is 2.95. The minimum absolute atomic E-state index is 0.00524. The number of para-hydroxylation sites is 1. The number of benzene rings is 2. The molecule has 100 valence electrons. The third-order valence-corrected chi connectivity index (χ3v) is 3.76. The number of nitriles is 1. The molecule has 0 aliphatic heterocycles. The summed E-state index contributed by atoms with van der Waals surface area (Å²) in [6.07, 6.45) is 0. The molecule has 2 aromatic rings. The van der Waals surface area contributed by atoms with Gasteiger partial charge in [0.05, 0.1) is 15.4 Å². The Morgan fingerprint density at radius 2 is 2.00 bits per heavy atom. The van der Waals surface area contributed by atoms with E-state index in [9.17, 15) is 14.5 Å². The smallest absolute Gasteiger partial charge is 0.258 e. The van der Waals surface area contributed by atoms with Crippen LogP contribution in [-0.2, 0) is 5.75 Å². The van der Waals surface area contributed by atoms with Gasteiger partial charge in [0.1, 0.15) is 11.9 Å². The van der Waals surface area contributed by atoms with Gasteiger partial charge in [-0.3, -0.25) is 10.1 Å². The highest BCUT2D eigenvalue weighted by Crippen LogP contribution is 2.31. The molecule has 0 aliphatic carbocycles. The van der Waals surface area contributed by atoms with Crippen LogP contribution in [0.2, 0.25) is 0 Å². The highest BCUT2D eigenvalue weighted by Gasteiger charge is 2.14. The minimum atomic E-state index is -0.568. The molecule has 2 rings (SSSR count). The van der Waals surface area contributed by atoms with Crippen LogP contribution in [0.1, 0.15) is 11.1 Å². The molecular formula is C14H9FN2O2S. The summed E-state index contributed by atoms with van der Waals surface area (Å²) in [7, 11) is 0. The standard InChI is InChI=1S/C14H9FN2O2S/c15-14-10(8-16)4-3-5-11(14)9-20-13-7-2-1-6-12(13)17(18)19/h1-7H,9H2. The lowest BCUT2D eigenvalue weighted by molar-refractivity contribution is -0.387. The van der Waals surface area contributed by atoms with Gasteiger partial charge in [-0.2, -0.15) is 5.26 Å². The fraction of sp³-hybridized carbons (Fsp3) is 0.0714. The van der Waals surface area contributed by atoms with E-state index in [1.165, 1.54) is 23.9 Å². The van der Waals surface area contributed by atoms with Gasteiger partial charge in [-0.25, -0.2) is 4.39 Å². The van der Waals surface area contributed by atoms with Crippen molar-refractivity contribution in [3.05, 3.63) is 69.5 Å². The van der Waals surface area contributed by atoms with Crippen molar-refractivity contribution in [3.63, 3.8) is 0 Å². The maximum Gasteiger partial charge on any atom is 0.282 e. The molecule has 0 saturated carbocycles. The quantitative estimate of drug-likeness (QED) is 0.486. The average Bonchev–Trinajstić information content (AvgIpc) is 2.46. The van der Waals surface area contributed by atoms with Gasteiger partial charge in [0.15, 0.2) is 0 Å². The molecule has 0 amide bonds. The summed E-state index contributed by atoms with van der Waals surface area (Å²) in [4.78, 5) is 10.9. The number of thioether (sulfide) groups is 1. The first-order chi connectivity index (χ1) is 9.63. The summed E-state index contributed by atoms with van der Waals surface area (Å²) < 4.78 is 13.9. The van der Waals surface area contributed by atoms with Crippen molar-refractivity contribution in [2.45, 2.75) is 10.6 Å². The normalized spacial score (nSPS) is 10.0. The molecule has 0 heterocycles. The van der Waals surface area contributed by atoms with Crippen LogP contribution in [0.15, 0.2) is 47.4 Å². The Balaban J connectivity index is 2.22. The Morgan fingerprint density at radius 1 is 1.25 bits per heavy atom. The average molecular weight is 288 g/mol. The fourth-order valence-corrected chi connectivity index (χ4v) is 2.66. The number of halogens is 1. The maximum atomic E-state index is 13.9. The lowest BCUT2D eigenvalue weighted by Gasteiger charge is -2.05. The Hall–Kier alpha value is -2.39. The number of nitro groups is 1. The van der Waals surface area contributed by atoms with E-state index >= 15 is 0 Å². The van der Waals surface area contributed by atoms with E-state index in [1.54, 1.807) is 36.4 Å². The molecule has 0 aromatic heterocycles. The highest BCUT2D eigenvalue weighted by molar-refractivity contribution is 7.98. The third-order valence-electron chi connectivity index (χ3n) is 2.64. The summed E-state index contributed by atoms with van der Waals surface area (Å²) in [5.74, 6) is -0.340. The van der Waals surface area contributed by atoms with E-state index < -0.39 is 10.7 Å². The molecule has 0 bridgehead atoms. The fourth-order valence-electron chi connectivity index (χ4n) is 1.66.